The summed E-state index contributed by atoms with van der Waals surface area (Å²) in [6.45, 7) is 1.51. The van der Waals surface area contributed by atoms with Gasteiger partial charge < -0.3 is 24.1 Å². The Morgan fingerprint density at radius 1 is 0.738 bits per heavy atom. The highest BCUT2D eigenvalue weighted by molar-refractivity contribution is 9.10. The van der Waals surface area contributed by atoms with E-state index in [2.05, 4.69) is 36.6 Å². The number of benzene rings is 3. The van der Waals surface area contributed by atoms with Gasteiger partial charge in [0.1, 0.15) is 11.5 Å². The van der Waals surface area contributed by atoms with Gasteiger partial charge in [-0.3, -0.25) is 4.18 Å². The van der Waals surface area contributed by atoms with E-state index in [1.165, 1.54) is 26.4 Å². The quantitative estimate of drug-likeness (QED) is 0.184. The van der Waals surface area contributed by atoms with E-state index >= 15 is 0 Å². The molecule has 3 aromatic rings. The number of rotatable bonds is 13. The van der Waals surface area contributed by atoms with Crippen LogP contribution >= 0.6 is 31.9 Å². The van der Waals surface area contributed by atoms with Crippen LogP contribution in [0.15, 0.2) is 86.6 Å². The van der Waals surface area contributed by atoms with Gasteiger partial charge in [-0.2, -0.15) is 8.42 Å². The number of hydrogen-bond donors (Lipinski definition) is 1. The highest BCUT2D eigenvalue weighted by Gasteiger charge is 2.24. The van der Waals surface area contributed by atoms with Gasteiger partial charge in [0.15, 0.2) is 12.2 Å². The summed E-state index contributed by atoms with van der Waals surface area (Å²) in [5.41, 5.74) is 0.942. The van der Waals surface area contributed by atoms with Gasteiger partial charge in [-0.25, -0.2) is 9.59 Å². The van der Waals surface area contributed by atoms with Crippen LogP contribution in [0.3, 0.4) is 0 Å². The molecule has 0 saturated carbocycles. The molecule has 0 spiro atoms. The molecule has 2 unspecified atom stereocenters. The maximum absolute atomic E-state index is 12.2. The third kappa shape index (κ3) is 12.1. The number of aryl methyl sites for hydroxylation is 1. The zero-order chi connectivity index (χ0) is 31.1. The number of carbonyl (C=O) groups is 2. The molecule has 0 amide bonds. The molecule has 0 aliphatic rings. The van der Waals surface area contributed by atoms with Crippen LogP contribution in [0.2, 0.25) is 0 Å². The van der Waals surface area contributed by atoms with Crippen LogP contribution in [0.5, 0.6) is 11.5 Å². The van der Waals surface area contributed by atoms with Crippen LogP contribution in [0.25, 0.3) is 0 Å². The Labute approximate surface area is 262 Å². The molecule has 0 aliphatic heterocycles. The van der Waals surface area contributed by atoms with Crippen molar-refractivity contribution in [3.05, 3.63) is 87.3 Å². The lowest BCUT2D eigenvalue weighted by Gasteiger charge is -2.17. The van der Waals surface area contributed by atoms with Crippen molar-refractivity contribution in [3.63, 3.8) is 0 Å². The molecule has 13 heteroatoms. The molecule has 0 heterocycles. The van der Waals surface area contributed by atoms with E-state index in [1.54, 1.807) is 48.5 Å². The monoisotopic (exact) mass is 730 g/mol. The van der Waals surface area contributed by atoms with Gasteiger partial charge >= 0.3 is 11.9 Å². The number of aliphatic hydroxyl groups excluding tert-OH is 1. The molecule has 1 N–H and O–H groups in total. The van der Waals surface area contributed by atoms with Crippen LogP contribution in [-0.4, -0.2) is 65.1 Å². The maximum Gasteiger partial charge on any atom is 0.347 e. The number of methoxy groups -OCH3 is 2. The lowest BCUT2D eigenvalue weighted by atomic mass is 10.2. The summed E-state index contributed by atoms with van der Waals surface area (Å²) < 4.78 is 51.4. The van der Waals surface area contributed by atoms with E-state index in [1.807, 2.05) is 19.1 Å². The topological polar surface area (TPSA) is 135 Å². The molecule has 3 aromatic carbocycles. The van der Waals surface area contributed by atoms with Crippen LogP contribution < -0.4 is 9.47 Å². The molecular weight excluding hydrogens is 700 g/mol. The zero-order valence-electron chi connectivity index (χ0n) is 23.2. The first-order valence-electron chi connectivity index (χ1n) is 12.6. The summed E-state index contributed by atoms with van der Waals surface area (Å²) in [5.74, 6) is -0.0711. The highest BCUT2D eigenvalue weighted by Crippen LogP contribution is 2.20. The van der Waals surface area contributed by atoms with Gasteiger partial charge in [-0.05, 0) is 67.6 Å². The first-order valence-corrected chi connectivity index (χ1v) is 15.6. The smallest absolute Gasteiger partial charge is 0.347 e. The summed E-state index contributed by atoms with van der Waals surface area (Å²) in [4.78, 5) is 23.3. The Hall–Kier alpha value is -2.97. The van der Waals surface area contributed by atoms with Crippen molar-refractivity contribution in [2.45, 2.75) is 36.9 Å². The van der Waals surface area contributed by atoms with Crippen LogP contribution in [0.4, 0.5) is 0 Å². The van der Waals surface area contributed by atoms with E-state index < -0.39 is 34.3 Å². The highest BCUT2D eigenvalue weighted by atomic mass is 79.9. The molecular formula is C29H32Br2O10S. The molecule has 42 heavy (non-hydrogen) atoms. The molecule has 3 rings (SSSR count). The van der Waals surface area contributed by atoms with Crippen molar-refractivity contribution < 1.29 is 46.2 Å². The minimum Gasteiger partial charge on any atom is -0.479 e. The molecule has 0 aliphatic carbocycles. The Bertz CT molecular complexity index is 1360. The second kappa shape index (κ2) is 17.9. The average molecular weight is 732 g/mol. The predicted molar refractivity (Wildman–Crippen MR) is 162 cm³/mol. The molecule has 0 aromatic heterocycles. The summed E-state index contributed by atoms with van der Waals surface area (Å²) in [6, 6.07) is 20.3. The lowest BCUT2D eigenvalue weighted by molar-refractivity contribution is -0.150. The third-order valence-corrected chi connectivity index (χ3v) is 7.82. The zero-order valence-corrected chi connectivity index (χ0v) is 27.2. The standard InChI is InChI=1S/C18H19BrO6S.C11H13BrO4/c1-13-3-9-16(10-4-13)26(21,22)24-12-11-17(18(20)23-2)25-15-7-5-14(19)6-8-15;1-15-11(14)10(6-7-13)16-9-4-2-8(12)3-5-9/h3-10,17H,11-12H2,1-2H3;2-5,10,13H,6-7H2,1H3. The number of halogens is 2. The second-order valence-electron chi connectivity index (χ2n) is 8.56. The molecule has 0 saturated heterocycles. The molecule has 10 nitrogen and oxygen atoms in total. The minimum atomic E-state index is -3.90. The molecule has 228 valence electrons. The summed E-state index contributed by atoms with van der Waals surface area (Å²) in [6.07, 6.45) is -1.51. The van der Waals surface area contributed by atoms with Gasteiger partial charge in [-0.1, -0.05) is 49.6 Å². The van der Waals surface area contributed by atoms with Gasteiger partial charge in [0.25, 0.3) is 10.1 Å². The first-order chi connectivity index (χ1) is 20.0. The number of esters is 2. The summed E-state index contributed by atoms with van der Waals surface area (Å²) in [7, 11) is -1.37. The first kappa shape index (κ1) is 35.2. The normalized spacial score (nSPS) is 12.2. The largest absolute Gasteiger partial charge is 0.479 e. The molecule has 0 radical (unpaired) electrons. The van der Waals surface area contributed by atoms with Crippen LogP contribution in [-0.2, 0) is 33.4 Å². The fraction of sp³-hybridized carbons (Fsp3) is 0.310. The fourth-order valence-electron chi connectivity index (χ4n) is 3.22. The van der Waals surface area contributed by atoms with Crippen molar-refractivity contribution in [2.75, 3.05) is 27.4 Å². The second-order valence-corrected chi connectivity index (χ2v) is 12.0. The molecule has 2 atom stereocenters. The predicted octanol–water partition coefficient (Wildman–Crippen LogP) is 5.23. The Morgan fingerprint density at radius 2 is 1.17 bits per heavy atom. The number of carbonyl (C=O) groups excluding carboxylic acids is 2. The van der Waals surface area contributed by atoms with E-state index in [9.17, 15) is 18.0 Å². The summed E-state index contributed by atoms with van der Waals surface area (Å²) >= 11 is 6.61. The fourth-order valence-corrected chi connectivity index (χ4v) is 4.67. The van der Waals surface area contributed by atoms with Gasteiger partial charge in [0, 0.05) is 28.4 Å². The van der Waals surface area contributed by atoms with E-state index in [4.69, 9.17) is 23.5 Å². The Kier molecular flexibility index (Phi) is 15.0. The SMILES string of the molecule is COC(=O)C(CCO)Oc1ccc(Br)cc1.COC(=O)C(CCOS(=O)(=O)c1ccc(C)cc1)Oc1ccc(Br)cc1. The minimum absolute atomic E-state index is 0.0217. The molecule has 0 bridgehead atoms. The Balaban J connectivity index is 0.000000330. The maximum atomic E-state index is 12.2. The average Bonchev–Trinajstić information content (AvgIpc) is 2.98. The van der Waals surface area contributed by atoms with Crippen molar-refractivity contribution >= 4 is 53.9 Å². The number of hydrogen-bond acceptors (Lipinski definition) is 10. The van der Waals surface area contributed by atoms with Gasteiger partial charge in [0.05, 0.1) is 25.7 Å². The number of ether oxygens (including phenoxy) is 4. The number of aliphatic hydroxyl groups is 1. The summed E-state index contributed by atoms with van der Waals surface area (Å²) in [5, 5.41) is 8.81. The van der Waals surface area contributed by atoms with Crippen LogP contribution in [0.1, 0.15) is 18.4 Å². The molecule has 0 fully saturated rings. The van der Waals surface area contributed by atoms with Crippen LogP contribution in [0, 0.1) is 6.92 Å². The van der Waals surface area contributed by atoms with Crippen molar-refractivity contribution in [1.82, 2.24) is 0 Å². The van der Waals surface area contributed by atoms with Crippen molar-refractivity contribution in [2.24, 2.45) is 0 Å². The Morgan fingerprint density at radius 3 is 1.57 bits per heavy atom. The van der Waals surface area contributed by atoms with Crippen molar-refractivity contribution in [3.8, 4) is 11.5 Å². The van der Waals surface area contributed by atoms with E-state index in [-0.39, 0.29) is 31.0 Å². The third-order valence-electron chi connectivity index (χ3n) is 5.43. The van der Waals surface area contributed by atoms with Gasteiger partial charge in [-0.15, -0.1) is 0 Å². The van der Waals surface area contributed by atoms with Gasteiger partial charge in [0.2, 0.25) is 0 Å². The van der Waals surface area contributed by atoms with E-state index in [0.717, 1.165) is 14.5 Å². The van der Waals surface area contributed by atoms with Crippen molar-refractivity contribution in [1.29, 1.82) is 0 Å². The van der Waals surface area contributed by atoms with E-state index in [0.29, 0.717) is 11.5 Å². The lowest BCUT2D eigenvalue weighted by Crippen LogP contribution is -2.30.